The number of pyridine rings is 1. The summed E-state index contributed by atoms with van der Waals surface area (Å²) in [5.41, 5.74) is 3.83. The predicted octanol–water partition coefficient (Wildman–Crippen LogP) is 3.65. The van der Waals surface area contributed by atoms with Gasteiger partial charge in [-0.2, -0.15) is 10.2 Å². The summed E-state index contributed by atoms with van der Waals surface area (Å²) < 4.78 is 1.91. The number of fused-ring (bicyclic) bond motifs is 1. The molecule has 0 fully saturated rings. The van der Waals surface area contributed by atoms with Gasteiger partial charge in [-0.1, -0.05) is 6.07 Å². The van der Waals surface area contributed by atoms with Gasteiger partial charge in [-0.3, -0.25) is 19.6 Å². The minimum Gasteiger partial charge on any atom is -0.320 e. The van der Waals surface area contributed by atoms with Crippen LogP contribution in [0.25, 0.3) is 22.0 Å². The third kappa shape index (κ3) is 2.95. The zero-order valence-corrected chi connectivity index (χ0v) is 14.5. The molecule has 3 heterocycles. The van der Waals surface area contributed by atoms with Gasteiger partial charge in [-0.25, -0.2) is 0 Å². The zero-order valence-electron chi connectivity index (χ0n) is 14.5. The monoisotopic (exact) mass is 346 g/mol. The lowest BCUT2D eigenvalue weighted by Gasteiger charge is -2.04. The first-order chi connectivity index (χ1) is 12.6. The van der Waals surface area contributed by atoms with E-state index in [9.17, 15) is 4.79 Å². The molecular weight excluding hydrogens is 328 g/mol. The lowest BCUT2D eigenvalue weighted by Crippen LogP contribution is -2.12. The number of nitrogens with one attached hydrogen (secondary N) is 2. The van der Waals surface area contributed by atoms with E-state index in [1.807, 2.05) is 35.3 Å². The van der Waals surface area contributed by atoms with Gasteiger partial charge in [-0.05, 0) is 43.7 Å². The first-order valence-corrected chi connectivity index (χ1v) is 8.36. The molecule has 4 rings (SSSR count). The van der Waals surface area contributed by atoms with Crippen LogP contribution in [0.5, 0.6) is 0 Å². The summed E-state index contributed by atoms with van der Waals surface area (Å²) in [5.74, 6) is -0.266. The molecule has 0 saturated heterocycles. The van der Waals surface area contributed by atoms with Crippen molar-refractivity contribution in [2.24, 2.45) is 0 Å². The summed E-state index contributed by atoms with van der Waals surface area (Å²) in [4.78, 5) is 16.5. The smallest absolute Gasteiger partial charge is 0.276 e. The molecule has 0 atom stereocenters. The predicted molar refractivity (Wildman–Crippen MR) is 99.9 cm³/mol. The van der Waals surface area contributed by atoms with Crippen molar-refractivity contribution in [1.82, 2.24) is 25.0 Å². The summed E-state index contributed by atoms with van der Waals surface area (Å²) in [5, 5.41) is 15.1. The van der Waals surface area contributed by atoms with Crippen LogP contribution in [0, 0.1) is 0 Å². The van der Waals surface area contributed by atoms with Crippen molar-refractivity contribution in [3.63, 3.8) is 0 Å². The highest BCUT2D eigenvalue weighted by Crippen LogP contribution is 2.26. The molecular formula is C19H18N6O. The van der Waals surface area contributed by atoms with Crippen molar-refractivity contribution < 1.29 is 4.79 Å². The van der Waals surface area contributed by atoms with Crippen LogP contribution in [-0.2, 0) is 0 Å². The van der Waals surface area contributed by atoms with Gasteiger partial charge in [0.25, 0.3) is 5.91 Å². The number of amides is 1. The molecule has 0 saturated carbocycles. The minimum absolute atomic E-state index is 0.266. The highest BCUT2D eigenvalue weighted by Gasteiger charge is 2.15. The summed E-state index contributed by atoms with van der Waals surface area (Å²) in [7, 11) is 0. The van der Waals surface area contributed by atoms with Gasteiger partial charge in [0, 0.05) is 41.3 Å². The summed E-state index contributed by atoms with van der Waals surface area (Å²) in [6.07, 6.45) is 7.09. The molecule has 4 aromatic rings. The average Bonchev–Trinajstić information content (AvgIpc) is 3.29. The van der Waals surface area contributed by atoms with Crippen LogP contribution in [0.15, 0.2) is 55.1 Å². The van der Waals surface area contributed by atoms with Gasteiger partial charge in [-0.15, -0.1) is 0 Å². The molecule has 1 amide bonds. The Labute approximate surface area is 150 Å². The van der Waals surface area contributed by atoms with E-state index in [4.69, 9.17) is 0 Å². The number of rotatable bonds is 4. The van der Waals surface area contributed by atoms with Gasteiger partial charge in [0.1, 0.15) is 0 Å². The number of aromatic nitrogens is 5. The number of H-pyrrole nitrogens is 1. The first-order valence-electron chi connectivity index (χ1n) is 8.36. The Bertz CT molecular complexity index is 1060. The zero-order chi connectivity index (χ0) is 18.1. The number of benzene rings is 1. The second kappa shape index (κ2) is 6.44. The van der Waals surface area contributed by atoms with Crippen LogP contribution in [-0.4, -0.2) is 30.9 Å². The number of carbonyl (C=O) groups excluding carboxylic acids is 1. The molecule has 1 aromatic carbocycles. The fourth-order valence-electron chi connectivity index (χ4n) is 2.76. The van der Waals surface area contributed by atoms with Crippen molar-refractivity contribution >= 4 is 22.5 Å². The molecule has 0 unspecified atom stereocenters. The molecule has 26 heavy (non-hydrogen) atoms. The molecule has 3 aromatic heterocycles. The van der Waals surface area contributed by atoms with Crippen molar-refractivity contribution in [2.75, 3.05) is 5.32 Å². The average molecular weight is 346 g/mol. The number of hydrogen-bond donors (Lipinski definition) is 2. The SMILES string of the molecule is CC(C)n1cc(-c2ccc3[nH]nc(C(=O)Nc4ccncc4)c3c2)cn1. The van der Waals surface area contributed by atoms with Crippen LogP contribution in [0.4, 0.5) is 5.69 Å². The molecule has 2 N–H and O–H groups in total. The summed E-state index contributed by atoms with van der Waals surface area (Å²) in [6.45, 7) is 4.16. The van der Waals surface area contributed by atoms with Crippen molar-refractivity contribution in [3.05, 3.63) is 60.8 Å². The third-order valence-corrected chi connectivity index (χ3v) is 4.18. The molecule has 130 valence electrons. The normalized spacial score (nSPS) is 11.2. The maximum atomic E-state index is 12.6. The summed E-state index contributed by atoms with van der Waals surface area (Å²) >= 11 is 0. The highest BCUT2D eigenvalue weighted by molar-refractivity contribution is 6.11. The van der Waals surface area contributed by atoms with E-state index in [1.54, 1.807) is 24.5 Å². The Morgan fingerprint density at radius 1 is 1.15 bits per heavy atom. The van der Waals surface area contributed by atoms with Crippen molar-refractivity contribution in [3.8, 4) is 11.1 Å². The van der Waals surface area contributed by atoms with E-state index in [0.717, 1.165) is 22.0 Å². The highest BCUT2D eigenvalue weighted by atomic mass is 16.1. The maximum Gasteiger partial charge on any atom is 0.276 e. The fraction of sp³-hybridized carbons (Fsp3) is 0.158. The van der Waals surface area contributed by atoms with Gasteiger partial charge >= 0.3 is 0 Å². The Balaban J connectivity index is 1.69. The molecule has 0 radical (unpaired) electrons. The van der Waals surface area contributed by atoms with Crippen LogP contribution in [0.2, 0.25) is 0 Å². The van der Waals surface area contributed by atoms with Crippen molar-refractivity contribution in [2.45, 2.75) is 19.9 Å². The second-order valence-corrected chi connectivity index (χ2v) is 6.33. The summed E-state index contributed by atoms with van der Waals surface area (Å²) in [6, 6.07) is 9.64. The Kier molecular flexibility index (Phi) is 3.96. The quantitative estimate of drug-likeness (QED) is 0.590. The van der Waals surface area contributed by atoms with Crippen LogP contribution >= 0.6 is 0 Å². The fourth-order valence-corrected chi connectivity index (χ4v) is 2.76. The molecule has 7 heteroatoms. The second-order valence-electron chi connectivity index (χ2n) is 6.33. The molecule has 0 aliphatic rings. The number of nitrogens with zero attached hydrogens (tertiary/aromatic N) is 4. The Morgan fingerprint density at radius 2 is 1.96 bits per heavy atom. The lowest BCUT2D eigenvalue weighted by atomic mass is 10.1. The van der Waals surface area contributed by atoms with E-state index in [-0.39, 0.29) is 5.91 Å². The number of hydrogen-bond acceptors (Lipinski definition) is 4. The minimum atomic E-state index is -0.266. The van der Waals surface area contributed by atoms with E-state index in [2.05, 4.69) is 39.4 Å². The van der Waals surface area contributed by atoms with Gasteiger partial charge in [0.2, 0.25) is 0 Å². The number of carbonyl (C=O) groups is 1. The third-order valence-electron chi connectivity index (χ3n) is 4.18. The van der Waals surface area contributed by atoms with E-state index >= 15 is 0 Å². The molecule has 0 aliphatic heterocycles. The molecule has 0 spiro atoms. The number of anilines is 1. The number of aromatic amines is 1. The van der Waals surface area contributed by atoms with E-state index in [1.165, 1.54) is 0 Å². The Morgan fingerprint density at radius 3 is 2.69 bits per heavy atom. The topological polar surface area (TPSA) is 88.5 Å². The van der Waals surface area contributed by atoms with Crippen molar-refractivity contribution in [1.29, 1.82) is 0 Å². The maximum absolute atomic E-state index is 12.6. The largest absolute Gasteiger partial charge is 0.320 e. The molecule has 7 nitrogen and oxygen atoms in total. The van der Waals surface area contributed by atoms with E-state index < -0.39 is 0 Å². The lowest BCUT2D eigenvalue weighted by molar-refractivity contribution is 0.102. The molecule has 0 aliphatic carbocycles. The van der Waals surface area contributed by atoms with Gasteiger partial charge in [0.05, 0.1) is 11.7 Å². The van der Waals surface area contributed by atoms with E-state index in [0.29, 0.717) is 17.4 Å². The standard InChI is InChI=1S/C19H18N6O/c1-12(2)25-11-14(10-21-25)13-3-4-17-16(9-13)18(24-23-17)19(26)22-15-5-7-20-8-6-15/h3-12H,1-2H3,(H,23,24)(H,20,22,26). The Hall–Kier alpha value is -3.48. The molecule has 0 bridgehead atoms. The first kappa shape index (κ1) is 16.0. The van der Waals surface area contributed by atoms with Gasteiger partial charge < -0.3 is 5.32 Å². The van der Waals surface area contributed by atoms with Crippen LogP contribution in [0.1, 0.15) is 30.4 Å². The van der Waals surface area contributed by atoms with Crippen LogP contribution < -0.4 is 5.32 Å². The van der Waals surface area contributed by atoms with Crippen LogP contribution in [0.3, 0.4) is 0 Å². The van der Waals surface area contributed by atoms with Gasteiger partial charge in [0.15, 0.2) is 5.69 Å².